The van der Waals surface area contributed by atoms with Crippen LogP contribution < -0.4 is 0 Å². The zero-order chi connectivity index (χ0) is 22.2. The molecule has 0 amide bonds. The van der Waals surface area contributed by atoms with Crippen molar-refractivity contribution in [3.63, 3.8) is 0 Å². The van der Waals surface area contributed by atoms with E-state index in [0.717, 1.165) is 44.3 Å². The van der Waals surface area contributed by atoms with E-state index in [1.54, 1.807) is 5.56 Å². The van der Waals surface area contributed by atoms with Gasteiger partial charge in [0.25, 0.3) is 0 Å². The van der Waals surface area contributed by atoms with Crippen molar-refractivity contribution in [3.05, 3.63) is 59.2 Å². The Morgan fingerprint density at radius 2 is 1.56 bits per heavy atom. The maximum atomic E-state index is 5.59. The van der Waals surface area contributed by atoms with Crippen LogP contribution in [-0.4, -0.2) is 19.5 Å². The highest BCUT2D eigenvalue weighted by Gasteiger charge is 2.22. The molecule has 1 saturated carbocycles. The topological polar surface area (TPSA) is 18.5 Å². The van der Waals surface area contributed by atoms with E-state index in [-0.39, 0.29) is 6.29 Å². The molecule has 1 saturated heterocycles. The fourth-order valence-corrected chi connectivity index (χ4v) is 5.64. The maximum absolute atomic E-state index is 5.59. The minimum atomic E-state index is -0.0151. The van der Waals surface area contributed by atoms with Crippen molar-refractivity contribution in [1.29, 1.82) is 0 Å². The van der Waals surface area contributed by atoms with Crippen LogP contribution in [0, 0.1) is 5.92 Å². The Labute approximate surface area is 195 Å². The average Bonchev–Trinajstić information content (AvgIpc) is 3.37. The molecule has 2 nitrogen and oxygen atoms in total. The summed E-state index contributed by atoms with van der Waals surface area (Å²) in [7, 11) is 0. The number of aryl methyl sites for hydroxylation is 2. The Morgan fingerprint density at radius 3 is 2.25 bits per heavy atom. The second-order valence-electron chi connectivity index (χ2n) is 9.89. The fourth-order valence-electron chi connectivity index (χ4n) is 5.64. The van der Waals surface area contributed by atoms with Crippen LogP contribution in [0.15, 0.2) is 42.5 Å². The van der Waals surface area contributed by atoms with Crippen LogP contribution in [-0.2, 0) is 22.3 Å². The molecule has 174 valence electrons. The van der Waals surface area contributed by atoms with E-state index in [1.807, 2.05) is 0 Å². The molecule has 2 heteroatoms. The lowest BCUT2D eigenvalue weighted by Gasteiger charge is -2.29. The average molecular weight is 435 g/mol. The molecule has 1 heterocycles. The number of hydrogen-bond acceptors (Lipinski definition) is 2. The summed E-state index contributed by atoms with van der Waals surface area (Å²) in [5.41, 5.74) is 7.11. The highest BCUT2D eigenvalue weighted by atomic mass is 16.7. The van der Waals surface area contributed by atoms with Gasteiger partial charge < -0.3 is 9.47 Å². The highest BCUT2D eigenvalue weighted by molar-refractivity contribution is 5.68. The van der Waals surface area contributed by atoms with Crippen molar-refractivity contribution in [2.75, 3.05) is 13.2 Å². The van der Waals surface area contributed by atoms with Crippen molar-refractivity contribution in [1.82, 2.24) is 0 Å². The smallest absolute Gasteiger partial charge is 0.158 e. The first-order valence-corrected chi connectivity index (χ1v) is 13.2. The van der Waals surface area contributed by atoms with Gasteiger partial charge >= 0.3 is 0 Å². The van der Waals surface area contributed by atoms with Crippen LogP contribution in [0.25, 0.3) is 11.1 Å². The summed E-state index contributed by atoms with van der Waals surface area (Å²) in [6.07, 6.45) is 14.2. The molecule has 0 atom stereocenters. The van der Waals surface area contributed by atoms with E-state index in [0.29, 0.717) is 0 Å². The van der Waals surface area contributed by atoms with Gasteiger partial charge in [-0.2, -0.15) is 0 Å². The van der Waals surface area contributed by atoms with Gasteiger partial charge in [-0.25, -0.2) is 0 Å². The van der Waals surface area contributed by atoms with Crippen LogP contribution in [0.5, 0.6) is 0 Å². The van der Waals surface area contributed by atoms with Crippen molar-refractivity contribution in [2.24, 2.45) is 5.92 Å². The lowest BCUT2D eigenvalue weighted by molar-refractivity contribution is -0.0462. The van der Waals surface area contributed by atoms with E-state index in [4.69, 9.17) is 9.47 Å². The summed E-state index contributed by atoms with van der Waals surface area (Å²) in [5, 5.41) is 0. The Bertz CT molecular complexity index is 811. The van der Waals surface area contributed by atoms with Crippen molar-refractivity contribution in [3.8, 4) is 11.1 Å². The molecule has 1 aliphatic heterocycles. The van der Waals surface area contributed by atoms with Crippen molar-refractivity contribution in [2.45, 2.75) is 96.7 Å². The van der Waals surface area contributed by atoms with E-state index < -0.39 is 0 Å². The maximum Gasteiger partial charge on any atom is 0.158 e. The molecule has 2 aromatic carbocycles. The fraction of sp³-hybridized carbons (Fsp3) is 0.600. The predicted octanol–water partition coefficient (Wildman–Crippen LogP) is 8.08. The van der Waals surface area contributed by atoms with Crippen molar-refractivity contribution < 1.29 is 9.47 Å². The molecule has 2 aromatic rings. The zero-order valence-corrected chi connectivity index (χ0v) is 20.3. The van der Waals surface area contributed by atoms with E-state index in [1.165, 1.54) is 73.6 Å². The van der Waals surface area contributed by atoms with Gasteiger partial charge in [-0.15, -0.1) is 0 Å². The SMILES string of the molecule is CCCCCC1CCC(c2ccc(-c3ccc(CCC4OCCO4)cc3CC)cc2)CC1. The molecule has 2 fully saturated rings. The van der Waals surface area contributed by atoms with Gasteiger partial charge in [-0.05, 0) is 78.2 Å². The van der Waals surface area contributed by atoms with Gasteiger partial charge in [0.1, 0.15) is 0 Å². The summed E-state index contributed by atoms with van der Waals surface area (Å²) in [6, 6.07) is 16.5. The summed E-state index contributed by atoms with van der Waals surface area (Å²) in [5.74, 6) is 1.74. The third-order valence-corrected chi connectivity index (χ3v) is 7.67. The molecular weight excluding hydrogens is 392 g/mol. The number of unbranched alkanes of at least 4 members (excludes halogenated alkanes) is 2. The monoisotopic (exact) mass is 434 g/mol. The molecule has 32 heavy (non-hydrogen) atoms. The second-order valence-corrected chi connectivity index (χ2v) is 9.89. The molecule has 0 unspecified atom stereocenters. The largest absolute Gasteiger partial charge is 0.350 e. The van der Waals surface area contributed by atoms with Gasteiger partial charge in [-0.3, -0.25) is 0 Å². The molecule has 0 radical (unpaired) electrons. The zero-order valence-electron chi connectivity index (χ0n) is 20.3. The molecule has 0 aromatic heterocycles. The van der Waals surface area contributed by atoms with Crippen LogP contribution in [0.2, 0.25) is 0 Å². The lowest BCUT2D eigenvalue weighted by atomic mass is 9.77. The first-order chi connectivity index (χ1) is 15.8. The van der Waals surface area contributed by atoms with Crippen LogP contribution in [0.4, 0.5) is 0 Å². The van der Waals surface area contributed by atoms with Crippen LogP contribution in [0.1, 0.15) is 94.2 Å². The molecule has 0 bridgehead atoms. The first-order valence-electron chi connectivity index (χ1n) is 13.2. The lowest BCUT2D eigenvalue weighted by Crippen LogP contribution is -2.13. The number of hydrogen-bond donors (Lipinski definition) is 0. The molecule has 1 aliphatic carbocycles. The minimum Gasteiger partial charge on any atom is -0.350 e. The van der Waals surface area contributed by atoms with Gasteiger partial charge in [0, 0.05) is 6.42 Å². The van der Waals surface area contributed by atoms with Gasteiger partial charge in [0.2, 0.25) is 0 Å². The van der Waals surface area contributed by atoms with Crippen LogP contribution >= 0.6 is 0 Å². The first kappa shape index (κ1) is 23.5. The molecular formula is C30H42O2. The Hall–Kier alpha value is -1.64. The number of benzene rings is 2. The quantitative estimate of drug-likeness (QED) is 0.352. The van der Waals surface area contributed by atoms with E-state index in [9.17, 15) is 0 Å². The minimum absolute atomic E-state index is 0.0151. The summed E-state index contributed by atoms with van der Waals surface area (Å²) in [4.78, 5) is 0. The van der Waals surface area contributed by atoms with Gasteiger partial charge in [0.15, 0.2) is 6.29 Å². The molecule has 0 spiro atoms. The predicted molar refractivity (Wildman–Crippen MR) is 134 cm³/mol. The summed E-state index contributed by atoms with van der Waals surface area (Å²) in [6.45, 7) is 6.04. The Kier molecular flexibility index (Phi) is 8.82. The molecule has 0 N–H and O–H groups in total. The standard InChI is InChI=1S/C30H42O2/c1-3-5-6-7-23-8-12-26(13-9-23)27-14-16-28(17-15-27)29-18-10-24(22-25(29)4-2)11-19-30-31-20-21-32-30/h10,14-18,22-23,26,30H,3-9,11-13,19-21H2,1-2H3. The Morgan fingerprint density at radius 1 is 0.812 bits per heavy atom. The third kappa shape index (κ3) is 6.23. The van der Waals surface area contributed by atoms with Gasteiger partial charge in [-0.1, -0.05) is 82.0 Å². The van der Waals surface area contributed by atoms with Crippen LogP contribution in [0.3, 0.4) is 0 Å². The number of rotatable bonds is 10. The molecule has 4 rings (SSSR count). The van der Waals surface area contributed by atoms with E-state index in [2.05, 4.69) is 56.3 Å². The van der Waals surface area contributed by atoms with E-state index >= 15 is 0 Å². The summed E-state index contributed by atoms with van der Waals surface area (Å²) >= 11 is 0. The highest BCUT2D eigenvalue weighted by Crippen LogP contribution is 2.38. The van der Waals surface area contributed by atoms with Gasteiger partial charge in [0.05, 0.1) is 13.2 Å². The van der Waals surface area contributed by atoms with Crippen molar-refractivity contribution >= 4 is 0 Å². The normalized spacial score (nSPS) is 21.8. The second kappa shape index (κ2) is 12.0. The number of ether oxygens (including phenoxy) is 2. The third-order valence-electron chi connectivity index (χ3n) is 7.67. The molecule has 2 aliphatic rings. The summed E-state index contributed by atoms with van der Waals surface area (Å²) < 4.78 is 11.2. The Balaban J connectivity index is 1.35.